The van der Waals surface area contributed by atoms with Gasteiger partial charge in [-0.3, -0.25) is 4.79 Å². The molecule has 6 nitrogen and oxygen atoms in total. The van der Waals surface area contributed by atoms with E-state index < -0.39 is 9.84 Å². The SMILES string of the molecule is CCOCCn1c(=NC(=O)c2ccccc2I)sc2cc(S(C)(=O)=O)ccc21. The molecule has 9 heteroatoms. The van der Waals surface area contributed by atoms with Crippen LogP contribution in [0.4, 0.5) is 0 Å². The van der Waals surface area contributed by atoms with Gasteiger partial charge >= 0.3 is 0 Å². The Labute approximate surface area is 180 Å². The van der Waals surface area contributed by atoms with Gasteiger partial charge in [0.1, 0.15) is 0 Å². The number of rotatable bonds is 6. The minimum absolute atomic E-state index is 0.244. The lowest BCUT2D eigenvalue weighted by atomic mass is 10.2. The quantitative estimate of drug-likeness (QED) is 0.361. The smallest absolute Gasteiger partial charge is 0.280 e. The Balaban J connectivity index is 2.14. The molecule has 0 bridgehead atoms. The Kier molecular flexibility index (Phi) is 6.69. The van der Waals surface area contributed by atoms with E-state index in [0.29, 0.717) is 30.1 Å². The Morgan fingerprint density at radius 1 is 1.25 bits per heavy atom. The Hall–Kier alpha value is -1.56. The van der Waals surface area contributed by atoms with E-state index in [9.17, 15) is 13.2 Å². The average Bonchev–Trinajstić information content (AvgIpc) is 2.98. The van der Waals surface area contributed by atoms with Gasteiger partial charge in [-0.15, -0.1) is 0 Å². The van der Waals surface area contributed by atoms with E-state index >= 15 is 0 Å². The zero-order chi connectivity index (χ0) is 20.3. The van der Waals surface area contributed by atoms with Gasteiger partial charge in [0.15, 0.2) is 14.6 Å². The Bertz CT molecular complexity index is 1200. The highest BCUT2D eigenvalue weighted by Gasteiger charge is 2.14. The number of amides is 1. The number of nitrogens with zero attached hydrogens (tertiary/aromatic N) is 2. The van der Waals surface area contributed by atoms with Crippen molar-refractivity contribution in [3.8, 4) is 0 Å². The van der Waals surface area contributed by atoms with E-state index in [1.54, 1.807) is 30.3 Å². The minimum Gasteiger partial charge on any atom is -0.380 e. The van der Waals surface area contributed by atoms with Crippen LogP contribution in [-0.2, 0) is 21.1 Å². The lowest BCUT2D eigenvalue weighted by molar-refractivity contribution is 0.0996. The van der Waals surface area contributed by atoms with Crippen LogP contribution in [0.1, 0.15) is 17.3 Å². The molecule has 0 atom stereocenters. The van der Waals surface area contributed by atoms with Crippen molar-refractivity contribution in [2.45, 2.75) is 18.4 Å². The first-order chi connectivity index (χ1) is 13.3. The fourth-order valence-electron chi connectivity index (χ4n) is 2.67. The lowest BCUT2D eigenvalue weighted by Crippen LogP contribution is -2.20. The predicted octanol–water partition coefficient (Wildman–Crippen LogP) is 3.49. The molecule has 1 aromatic heterocycles. The molecule has 0 aliphatic carbocycles. The molecule has 28 heavy (non-hydrogen) atoms. The molecule has 1 amide bonds. The molecule has 0 fully saturated rings. The van der Waals surface area contributed by atoms with Gasteiger partial charge in [-0.25, -0.2) is 8.42 Å². The van der Waals surface area contributed by atoms with Crippen LogP contribution >= 0.6 is 33.9 Å². The number of halogens is 1. The van der Waals surface area contributed by atoms with Crippen molar-refractivity contribution in [3.63, 3.8) is 0 Å². The van der Waals surface area contributed by atoms with Gasteiger partial charge in [0.25, 0.3) is 5.91 Å². The summed E-state index contributed by atoms with van der Waals surface area (Å²) in [4.78, 5) is 17.8. The van der Waals surface area contributed by atoms with Gasteiger partial charge < -0.3 is 9.30 Å². The molecule has 3 aromatic rings. The van der Waals surface area contributed by atoms with Crippen molar-refractivity contribution >= 4 is 59.9 Å². The molecule has 0 saturated heterocycles. The minimum atomic E-state index is -3.32. The second-order valence-corrected chi connectivity index (χ2v) is 10.2. The van der Waals surface area contributed by atoms with Crippen LogP contribution in [0.15, 0.2) is 52.4 Å². The summed E-state index contributed by atoms with van der Waals surface area (Å²) in [5, 5.41) is 0. The van der Waals surface area contributed by atoms with Crippen molar-refractivity contribution in [1.82, 2.24) is 4.57 Å². The van der Waals surface area contributed by atoms with Crippen molar-refractivity contribution in [1.29, 1.82) is 0 Å². The third kappa shape index (κ3) is 4.70. The summed E-state index contributed by atoms with van der Waals surface area (Å²) < 4.78 is 32.7. The second kappa shape index (κ2) is 8.85. The summed E-state index contributed by atoms with van der Waals surface area (Å²) in [5.41, 5.74) is 1.36. The second-order valence-electron chi connectivity index (χ2n) is 6.03. The zero-order valence-corrected chi connectivity index (χ0v) is 19.2. The van der Waals surface area contributed by atoms with Crippen LogP contribution < -0.4 is 4.80 Å². The first-order valence-electron chi connectivity index (χ1n) is 8.56. The highest BCUT2D eigenvalue weighted by atomic mass is 127. The molecule has 0 saturated carbocycles. The zero-order valence-electron chi connectivity index (χ0n) is 15.4. The standard InChI is InChI=1S/C19H19IN2O4S2/c1-3-26-11-10-22-16-9-8-13(28(2,24)25)12-17(16)27-19(22)21-18(23)14-6-4-5-7-15(14)20/h4-9,12H,3,10-11H2,1-2H3. The number of fused-ring (bicyclic) bond motifs is 1. The van der Waals surface area contributed by atoms with Crippen molar-refractivity contribution in [2.75, 3.05) is 19.5 Å². The molecular weight excluding hydrogens is 511 g/mol. The van der Waals surface area contributed by atoms with Crippen LogP contribution in [0.3, 0.4) is 0 Å². The van der Waals surface area contributed by atoms with Crippen molar-refractivity contribution < 1.29 is 17.9 Å². The molecule has 0 aliphatic rings. The molecule has 0 aliphatic heterocycles. The molecule has 0 radical (unpaired) electrons. The van der Waals surface area contributed by atoms with Gasteiger partial charge in [0.05, 0.1) is 27.3 Å². The summed E-state index contributed by atoms with van der Waals surface area (Å²) in [7, 11) is -3.32. The van der Waals surface area contributed by atoms with E-state index in [4.69, 9.17) is 4.74 Å². The maximum Gasteiger partial charge on any atom is 0.280 e. The molecule has 0 N–H and O–H groups in total. The number of ether oxygens (including phenoxy) is 1. The first-order valence-corrected chi connectivity index (χ1v) is 12.3. The maximum absolute atomic E-state index is 12.7. The number of aromatic nitrogens is 1. The van der Waals surface area contributed by atoms with Crippen LogP contribution in [-0.4, -0.2) is 38.4 Å². The first kappa shape index (κ1) is 21.2. The topological polar surface area (TPSA) is 77.7 Å². The largest absolute Gasteiger partial charge is 0.380 e. The Morgan fingerprint density at radius 2 is 2.00 bits per heavy atom. The van der Waals surface area contributed by atoms with Crippen LogP contribution in [0.2, 0.25) is 0 Å². The van der Waals surface area contributed by atoms with Gasteiger partial charge in [0.2, 0.25) is 0 Å². The summed E-state index contributed by atoms with van der Waals surface area (Å²) in [6, 6.07) is 12.2. The van der Waals surface area contributed by atoms with Crippen LogP contribution in [0.5, 0.6) is 0 Å². The summed E-state index contributed by atoms with van der Waals surface area (Å²) in [6.07, 6.45) is 1.18. The molecule has 0 unspecified atom stereocenters. The highest BCUT2D eigenvalue weighted by molar-refractivity contribution is 14.1. The normalized spacial score (nSPS) is 12.6. The summed E-state index contributed by atoms with van der Waals surface area (Å²) >= 11 is 3.41. The number of hydrogen-bond acceptors (Lipinski definition) is 5. The van der Waals surface area contributed by atoms with E-state index in [1.807, 2.05) is 23.6 Å². The third-order valence-corrected chi connectivity index (χ3v) is 7.14. The van der Waals surface area contributed by atoms with E-state index in [-0.39, 0.29) is 10.8 Å². The van der Waals surface area contributed by atoms with E-state index in [2.05, 4.69) is 27.6 Å². The van der Waals surface area contributed by atoms with E-state index in [1.165, 1.54) is 17.6 Å². The average molecular weight is 530 g/mol. The van der Waals surface area contributed by atoms with Gasteiger partial charge in [-0.2, -0.15) is 4.99 Å². The molecule has 1 heterocycles. The molecule has 0 spiro atoms. The molecular formula is C19H19IN2O4S2. The summed E-state index contributed by atoms with van der Waals surface area (Å²) in [5.74, 6) is -0.329. The fraction of sp³-hybridized carbons (Fsp3) is 0.263. The number of hydrogen-bond donors (Lipinski definition) is 0. The molecule has 2 aromatic carbocycles. The Morgan fingerprint density at radius 3 is 2.68 bits per heavy atom. The van der Waals surface area contributed by atoms with Gasteiger partial charge in [-0.05, 0) is 59.8 Å². The fourth-order valence-corrected chi connectivity index (χ4v) is 5.10. The summed E-state index contributed by atoms with van der Waals surface area (Å²) in [6.45, 7) is 3.50. The molecule has 148 valence electrons. The molecule has 3 rings (SSSR count). The number of benzene rings is 2. The monoisotopic (exact) mass is 530 g/mol. The van der Waals surface area contributed by atoms with Crippen LogP contribution in [0.25, 0.3) is 10.2 Å². The predicted molar refractivity (Wildman–Crippen MR) is 118 cm³/mol. The number of carbonyl (C=O) groups is 1. The highest BCUT2D eigenvalue weighted by Crippen LogP contribution is 2.22. The van der Waals surface area contributed by atoms with E-state index in [0.717, 1.165) is 13.8 Å². The van der Waals surface area contributed by atoms with Crippen LogP contribution in [0, 0.1) is 3.57 Å². The lowest BCUT2D eigenvalue weighted by Gasteiger charge is -2.06. The van der Waals surface area contributed by atoms with Crippen molar-refractivity contribution in [3.05, 3.63) is 56.4 Å². The number of sulfone groups is 1. The van der Waals surface area contributed by atoms with Gasteiger partial charge in [0, 0.05) is 23.0 Å². The van der Waals surface area contributed by atoms with Gasteiger partial charge in [-0.1, -0.05) is 23.5 Å². The maximum atomic E-state index is 12.7. The van der Waals surface area contributed by atoms with Crippen molar-refractivity contribution in [2.24, 2.45) is 4.99 Å². The number of carbonyl (C=O) groups excluding carboxylic acids is 1. The third-order valence-electron chi connectivity index (χ3n) is 4.05. The number of thiazole rings is 1.